The molecule has 3 aromatic rings. The first-order chi connectivity index (χ1) is 12.6. The van der Waals surface area contributed by atoms with Crippen LogP contribution < -0.4 is 5.32 Å². The lowest BCUT2D eigenvalue weighted by Gasteiger charge is -2.25. The number of carbonyl (C=O) groups excluding carboxylic acids is 2. The van der Waals surface area contributed by atoms with Crippen LogP contribution >= 0.6 is 11.3 Å². The fraction of sp³-hybridized carbons (Fsp3) is 0.143. The summed E-state index contributed by atoms with van der Waals surface area (Å²) in [6.45, 7) is 0.484. The molecule has 1 atom stereocenters. The van der Waals surface area contributed by atoms with E-state index in [1.165, 1.54) is 11.3 Å². The Morgan fingerprint density at radius 2 is 1.62 bits per heavy atom. The first kappa shape index (κ1) is 17.9. The lowest BCUT2D eigenvalue weighted by atomic mass is 10.0. The molecule has 0 spiro atoms. The fourth-order valence-corrected chi connectivity index (χ4v) is 3.33. The van der Waals surface area contributed by atoms with Gasteiger partial charge in [-0.2, -0.15) is 0 Å². The fourth-order valence-electron chi connectivity index (χ4n) is 2.70. The van der Waals surface area contributed by atoms with E-state index in [2.05, 4.69) is 5.32 Å². The zero-order valence-corrected chi connectivity index (χ0v) is 15.3. The molecular formula is C21H20N2O2S. The van der Waals surface area contributed by atoms with Gasteiger partial charge >= 0.3 is 0 Å². The van der Waals surface area contributed by atoms with Crippen molar-refractivity contribution in [3.63, 3.8) is 0 Å². The lowest BCUT2D eigenvalue weighted by Crippen LogP contribution is -2.40. The van der Waals surface area contributed by atoms with Gasteiger partial charge in [-0.1, -0.05) is 66.7 Å². The molecule has 2 amide bonds. The summed E-state index contributed by atoms with van der Waals surface area (Å²) in [6.07, 6.45) is 0. The molecule has 4 nitrogen and oxygen atoms in total. The number of thiophene rings is 1. The first-order valence-corrected chi connectivity index (χ1v) is 9.21. The van der Waals surface area contributed by atoms with Crippen LogP contribution in [-0.4, -0.2) is 23.8 Å². The second-order valence-corrected chi connectivity index (χ2v) is 6.92. The first-order valence-electron chi connectivity index (χ1n) is 8.33. The Hall–Kier alpha value is -2.92. The van der Waals surface area contributed by atoms with Crippen molar-refractivity contribution < 1.29 is 9.59 Å². The van der Waals surface area contributed by atoms with Gasteiger partial charge in [0.1, 0.15) is 6.04 Å². The highest BCUT2D eigenvalue weighted by Crippen LogP contribution is 2.18. The zero-order chi connectivity index (χ0) is 18.4. The Morgan fingerprint density at radius 1 is 0.962 bits per heavy atom. The van der Waals surface area contributed by atoms with Crippen molar-refractivity contribution in [2.45, 2.75) is 12.6 Å². The van der Waals surface area contributed by atoms with Crippen LogP contribution in [0.25, 0.3) is 0 Å². The van der Waals surface area contributed by atoms with E-state index < -0.39 is 6.04 Å². The number of rotatable bonds is 6. The molecule has 2 aromatic carbocycles. The highest BCUT2D eigenvalue weighted by atomic mass is 32.1. The quantitative estimate of drug-likeness (QED) is 0.722. The maximum Gasteiger partial charge on any atom is 0.262 e. The molecule has 0 bridgehead atoms. The average Bonchev–Trinajstić information content (AvgIpc) is 3.22. The molecule has 1 heterocycles. The van der Waals surface area contributed by atoms with Gasteiger partial charge < -0.3 is 10.2 Å². The highest BCUT2D eigenvalue weighted by molar-refractivity contribution is 7.12. The number of amides is 2. The van der Waals surface area contributed by atoms with Crippen molar-refractivity contribution in [3.05, 3.63) is 94.2 Å². The monoisotopic (exact) mass is 364 g/mol. The number of carbonyl (C=O) groups is 2. The van der Waals surface area contributed by atoms with E-state index >= 15 is 0 Å². The van der Waals surface area contributed by atoms with E-state index in [1.54, 1.807) is 18.0 Å². The predicted molar refractivity (Wildman–Crippen MR) is 104 cm³/mol. The highest BCUT2D eigenvalue weighted by Gasteiger charge is 2.26. The van der Waals surface area contributed by atoms with Gasteiger partial charge in [-0.3, -0.25) is 9.59 Å². The van der Waals surface area contributed by atoms with E-state index in [1.807, 2.05) is 72.1 Å². The second-order valence-electron chi connectivity index (χ2n) is 5.97. The Morgan fingerprint density at radius 3 is 2.23 bits per heavy atom. The third kappa shape index (κ3) is 4.37. The minimum Gasteiger partial charge on any atom is -0.339 e. The SMILES string of the molecule is CN(Cc1ccccc1)C(=O)C(NC(=O)c1cccs1)c1ccccc1. The molecule has 0 aliphatic rings. The number of hydrogen-bond acceptors (Lipinski definition) is 3. The Labute approximate surface area is 157 Å². The van der Waals surface area contributed by atoms with Gasteiger partial charge in [0, 0.05) is 13.6 Å². The summed E-state index contributed by atoms with van der Waals surface area (Å²) < 4.78 is 0. The van der Waals surface area contributed by atoms with Crippen molar-refractivity contribution in [2.75, 3.05) is 7.05 Å². The molecule has 1 unspecified atom stereocenters. The largest absolute Gasteiger partial charge is 0.339 e. The van der Waals surface area contributed by atoms with Gasteiger partial charge in [-0.25, -0.2) is 0 Å². The lowest BCUT2D eigenvalue weighted by molar-refractivity contribution is -0.132. The van der Waals surface area contributed by atoms with Crippen LogP contribution in [-0.2, 0) is 11.3 Å². The normalized spacial score (nSPS) is 11.6. The standard InChI is InChI=1S/C21H20N2O2S/c1-23(15-16-9-4-2-5-10-16)21(25)19(17-11-6-3-7-12-17)22-20(24)18-13-8-14-26-18/h2-14,19H,15H2,1H3,(H,22,24). The van der Waals surface area contributed by atoms with Gasteiger partial charge in [0.2, 0.25) is 5.91 Å². The molecule has 1 aromatic heterocycles. The van der Waals surface area contributed by atoms with Crippen molar-refractivity contribution in [1.82, 2.24) is 10.2 Å². The van der Waals surface area contributed by atoms with Crippen LogP contribution in [0.4, 0.5) is 0 Å². The average molecular weight is 364 g/mol. The van der Waals surface area contributed by atoms with Crippen LogP contribution in [0.3, 0.4) is 0 Å². The molecule has 3 rings (SSSR count). The van der Waals surface area contributed by atoms with Crippen LogP contribution in [0.15, 0.2) is 78.2 Å². The van der Waals surface area contributed by atoms with Crippen LogP contribution in [0.2, 0.25) is 0 Å². The van der Waals surface area contributed by atoms with E-state index in [0.717, 1.165) is 11.1 Å². The summed E-state index contributed by atoms with van der Waals surface area (Å²) in [5, 5.41) is 4.73. The van der Waals surface area contributed by atoms with Crippen LogP contribution in [0, 0.1) is 0 Å². The molecular weight excluding hydrogens is 344 g/mol. The minimum atomic E-state index is -0.723. The third-order valence-electron chi connectivity index (χ3n) is 4.04. The summed E-state index contributed by atoms with van der Waals surface area (Å²) in [5.41, 5.74) is 1.81. The summed E-state index contributed by atoms with van der Waals surface area (Å²) in [4.78, 5) is 27.8. The van der Waals surface area contributed by atoms with E-state index in [9.17, 15) is 9.59 Å². The predicted octanol–water partition coefficient (Wildman–Crippen LogP) is 3.88. The molecule has 26 heavy (non-hydrogen) atoms. The van der Waals surface area contributed by atoms with Crippen molar-refractivity contribution in [2.24, 2.45) is 0 Å². The minimum absolute atomic E-state index is 0.148. The Balaban J connectivity index is 1.80. The number of benzene rings is 2. The van der Waals surface area contributed by atoms with Gasteiger partial charge in [0.05, 0.1) is 4.88 Å². The van der Waals surface area contributed by atoms with Gasteiger partial charge in [0.15, 0.2) is 0 Å². The summed E-state index contributed by atoms with van der Waals surface area (Å²) in [7, 11) is 1.75. The molecule has 1 N–H and O–H groups in total. The number of nitrogens with one attached hydrogen (secondary N) is 1. The summed E-state index contributed by atoms with van der Waals surface area (Å²) >= 11 is 1.35. The zero-order valence-electron chi connectivity index (χ0n) is 14.5. The van der Waals surface area contributed by atoms with Crippen LogP contribution in [0.5, 0.6) is 0 Å². The van der Waals surface area contributed by atoms with Crippen molar-refractivity contribution in [3.8, 4) is 0 Å². The third-order valence-corrected chi connectivity index (χ3v) is 4.91. The maximum atomic E-state index is 13.1. The van der Waals surface area contributed by atoms with Crippen molar-refractivity contribution in [1.29, 1.82) is 0 Å². The summed E-state index contributed by atoms with van der Waals surface area (Å²) in [5.74, 6) is -0.389. The Bertz CT molecular complexity index is 848. The molecule has 0 fully saturated rings. The maximum absolute atomic E-state index is 13.1. The molecule has 0 saturated carbocycles. The van der Waals surface area contributed by atoms with E-state index in [4.69, 9.17) is 0 Å². The summed E-state index contributed by atoms with van der Waals surface area (Å²) in [6, 6.07) is 22.0. The van der Waals surface area contributed by atoms with E-state index in [0.29, 0.717) is 11.4 Å². The molecule has 0 aliphatic heterocycles. The Kier molecular flexibility index (Phi) is 5.81. The number of nitrogens with zero attached hydrogens (tertiary/aromatic N) is 1. The van der Waals surface area contributed by atoms with Crippen molar-refractivity contribution >= 4 is 23.2 Å². The van der Waals surface area contributed by atoms with Crippen LogP contribution in [0.1, 0.15) is 26.8 Å². The molecule has 0 radical (unpaired) electrons. The van der Waals surface area contributed by atoms with E-state index in [-0.39, 0.29) is 11.8 Å². The second kappa shape index (κ2) is 8.45. The van der Waals surface area contributed by atoms with Gasteiger partial charge in [-0.15, -0.1) is 11.3 Å². The molecule has 132 valence electrons. The molecule has 5 heteroatoms. The van der Waals surface area contributed by atoms with Gasteiger partial charge in [-0.05, 0) is 22.6 Å². The smallest absolute Gasteiger partial charge is 0.262 e. The topological polar surface area (TPSA) is 49.4 Å². The molecule has 0 aliphatic carbocycles. The number of hydrogen-bond donors (Lipinski definition) is 1. The molecule has 0 saturated heterocycles. The number of likely N-dealkylation sites (N-methyl/N-ethyl adjacent to an activating group) is 1. The van der Waals surface area contributed by atoms with Gasteiger partial charge in [0.25, 0.3) is 5.91 Å².